The van der Waals surface area contributed by atoms with Crippen molar-refractivity contribution in [2.75, 3.05) is 13.1 Å². The summed E-state index contributed by atoms with van der Waals surface area (Å²) in [6.07, 6.45) is 4.71. The number of carboxylic acid groups (broad SMARTS) is 1. The molecule has 2 heterocycles. The normalized spacial score (nSPS) is 22.9. The largest absolute Gasteiger partial charge is 0.489 e. The Morgan fingerprint density at radius 2 is 1.97 bits per heavy atom. The van der Waals surface area contributed by atoms with E-state index in [-0.39, 0.29) is 30.4 Å². The maximum Gasteiger partial charge on any atom is 0.411 e. The average molecular weight is 439 g/mol. The number of ether oxygens (including phenoxy) is 2. The lowest BCUT2D eigenvalue weighted by molar-refractivity contribution is 0.133. The second-order valence-electron chi connectivity index (χ2n) is 7.97. The molecule has 8 heteroatoms. The smallest absolute Gasteiger partial charge is 0.411 e. The molecule has 32 heavy (non-hydrogen) atoms. The Hall–Kier alpha value is -3.36. The third-order valence-electron chi connectivity index (χ3n) is 5.53. The molecule has 0 radical (unpaired) electrons. The van der Waals surface area contributed by atoms with Crippen LogP contribution in [0.25, 0.3) is 0 Å². The Kier molecular flexibility index (Phi) is 6.72. The quantitative estimate of drug-likeness (QED) is 0.638. The van der Waals surface area contributed by atoms with Crippen LogP contribution in [0.3, 0.4) is 0 Å². The van der Waals surface area contributed by atoms with Crippen LogP contribution in [0.5, 0.6) is 11.5 Å². The summed E-state index contributed by atoms with van der Waals surface area (Å²) >= 11 is 0. The van der Waals surface area contributed by atoms with Gasteiger partial charge in [0.25, 0.3) is 0 Å². The molecule has 0 aromatic heterocycles. The number of benzene rings is 2. The Bertz CT molecular complexity index is 1010. The molecule has 0 bridgehead atoms. The van der Waals surface area contributed by atoms with Crippen molar-refractivity contribution < 1.29 is 23.8 Å². The van der Waals surface area contributed by atoms with E-state index in [4.69, 9.17) is 15.2 Å². The number of halogens is 1. The van der Waals surface area contributed by atoms with Crippen LogP contribution in [0.4, 0.5) is 9.18 Å². The number of hydrogen-bond donors (Lipinski definition) is 3. The molecule has 1 saturated heterocycles. The fourth-order valence-corrected chi connectivity index (χ4v) is 3.98. The topological polar surface area (TPSA) is 97.1 Å². The molecule has 0 aliphatic carbocycles. The lowest BCUT2D eigenvalue weighted by Gasteiger charge is -2.37. The lowest BCUT2D eigenvalue weighted by Crippen LogP contribution is -2.52. The molecule has 4 rings (SSSR count). The van der Waals surface area contributed by atoms with Crippen LogP contribution in [-0.2, 0) is 6.61 Å². The number of nitrogens with zero attached hydrogens (tertiary/aromatic N) is 1. The first-order valence-corrected chi connectivity index (χ1v) is 10.5. The van der Waals surface area contributed by atoms with Crippen molar-refractivity contribution in [1.82, 2.24) is 10.2 Å². The first-order chi connectivity index (χ1) is 15.5. The van der Waals surface area contributed by atoms with Gasteiger partial charge < -0.3 is 25.6 Å². The third kappa shape index (κ3) is 5.46. The molecule has 2 aromatic rings. The summed E-state index contributed by atoms with van der Waals surface area (Å²) in [7, 11) is 0. The number of piperidine rings is 1. The van der Waals surface area contributed by atoms with Gasteiger partial charge in [-0.3, -0.25) is 4.90 Å². The van der Waals surface area contributed by atoms with E-state index in [0.717, 1.165) is 18.5 Å². The van der Waals surface area contributed by atoms with E-state index in [1.807, 2.05) is 6.08 Å². The number of allylic oxidation sites excluding steroid dienone is 1. The molecule has 1 fully saturated rings. The molecule has 3 unspecified atom stereocenters. The van der Waals surface area contributed by atoms with E-state index in [9.17, 15) is 14.3 Å². The molecule has 168 valence electrons. The van der Waals surface area contributed by atoms with Gasteiger partial charge in [0.15, 0.2) is 0 Å². The standard InChI is InChI=1S/C24H26FN3O4/c25-18-3-1-2-16(10-18)15-31-20-4-6-21(7-5-20)32-22-8-9-28(24(29)30)23(12-22)17-11-19(26)14-27-13-17/h1-10,12,17,19,23,27H,11,13-15,26H2,(H,29,30). The van der Waals surface area contributed by atoms with Crippen molar-refractivity contribution in [2.24, 2.45) is 11.7 Å². The first kappa shape index (κ1) is 21.9. The van der Waals surface area contributed by atoms with E-state index in [1.54, 1.807) is 42.5 Å². The van der Waals surface area contributed by atoms with Gasteiger partial charge in [0, 0.05) is 25.3 Å². The molecule has 0 spiro atoms. The van der Waals surface area contributed by atoms with Crippen LogP contribution in [0.2, 0.25) is 0 Å². The molecule has 3 atom stereocenters. The Balaban J connectivity index is 1.40. The second kappa shape index (κ2) is 9.84. The van der Waals surface area contributed by atoms with Crippen LogP contribution in [-0.4, -0.2) is 41.3 Å². The van der Waals surface area contributed by atoms with Crippen LogP contribution in [0.15, 0.2) is 72.6 Å². The van der Waals surface area contributed by atoms with Crippen molar-refractivity contribution in [2.45, 2.75) is 25.1 Å². The minimum absolute atomic E-state index is 0.00649. The monoisotopic (exact) mass is 439 g/mol. The fraction of sp³-hybridized carbons (Fsp3) is 0.292. The number of amides is 1. The number of carbonyl (C=O) groups is 1. The molecule has 1 amide bonds. The molecule has 0 saturated carbocycles. The SMILES string of the molecule is NC1CNCC(C2C=C(Oc3ccc(OCc4cccc(F)c4)cc3)C=CN2C(=O)O)C1. The summed E-state index contributed by atoms with van der Waals surface area (Å²) in [6.45, 7) is 1.68. The van der Waals surface area contributed by atoms with E-state index >= 15 is 0 Å². The fourth-order valence-electron chi connectivity index (χ4n) is 3.98. The molecule has 2 aliphatic rings. The van der Waals surface area contributed by atoms with E-state index < -0.39 is 6.09 Å². The van der Waals surface area contributed by atoms with Crippen LogP contribution in [0, 0.1) is 11.7 Å². The van der Waals surface area contributed by atoms with Crippen molar-refractivity contribution in [3.63, 3.8) is 0 Å². The van der Waals surface area contributed by atoms with E-state index in [2.05, 4.69) is 5.32 Å². The minimum atomic E-state index is -1.01. The average Bonchev–Trinajstić information content (AvgIpc) is 2.78. The molecular formula is C24H26FN3O4. The van der Waals surface area contributed by atoms with E-state index in [1.165, 1.54) is 23.2 Å². The minimum Gasteiger partial charge on any atom is -0.489 e. The van der Waals surface area contributed by atoms with Gasteiger partial charge in [-0.05, 0) is 66.5 Å². The zero-order valence-electron chi connectivity index (χ0n) is 17.5. The van der Waals surface area contributed by atoms with Gasteiger partial charge >= 0.3 is 6.09 Å². The molecular weight excluding hydrogens is 413 g/mol. The summed E-state index contributed by atoms with van der Waals surface area (Å²) in [5.74, 6) is 1.55. The summed E-state index contributed by atoms with van der Waals surface area (Å²) in [6, 6.07) is 13.0. The van der Waals surface area contributed by atoms with Crippen LogP contribution in [0.1, 0.15) is 12.0 Å². The summed E-state index contributed by atoms with van der Waals surface area (Å²) in [5.41, 5.74) is 6.81. The van der Waals surface area contributed by atoms with Crippen molar-refractivity contribution in [3.8, 4) is 11.5 Å². The van der Waals surface area contributed by atoms with E-state index in [0.29, 0.717) is 23.8 Å². The van der Waals surface area contributed by atoms with Crippen molar-refractivity contribution in [1.29, 1.82) is 0 Å². The zero-order chi connectivity index (χ0) is 22.5. The third-order valence-corrected chi connectivity index (χ3v) is 5.53. The second-order valence-corrected chi connectivity index (χ2v) is 7.97. The highest BCUT2D eigenvalue weighted by Gasteiger charge is 2.33. The van der Waals surface area contributed by atoms with Gasteiger partial charge in [-0.2, -0.15) is 0 Å². The van der Waals surface area contributed by atoms with Gasteiger partial charge in [-0.1, -0.05) is 12.1 Å². The maximum atomic E-state index is 13.3. The van der Waals surface area contributed by atoms with Crippen molar-refractivity contribution in [3.05, 3.63) is 84.0 Å². The van der Waals surface area contributed by atoms with Gasteiger partial charge in [-0.15, -0.1) is 0 Å². The number of hydrogen-bond acceptors (Lipinski definition) is 5. The highest BCUT2D eigenvalue weighted by molar-refractivity contribution is 5.68. The Morgan fingerprint density at radius 1 is 1.19 bits per heavy atom. The lowest BCUT2D eigenvalue weighted by atomic mass is 9.87. The number of nitrogens with two attached hydrogens (primary N) is 1. The Morgan fingerprint density at radius 3 is 2.69 bits per heavy atom. The predicted octanol–water partition coefficient (Wildman–Crippen LogP) is 3.48. The molecule has 4 N–H and O–H groups in total. The highest BCUT2D eigenvalue weighted by Crippen LogP contribution is 2.27. The number of rotatable bonds is 6. The van der Waals surface area contributed by atoms with Gasteiger partial charge in [0.05, 0.1) is 6.04 Å². The van der Waals surface area contributed by atoms with Crippen molar-refractivity contribution >= 4 is 6.09 Å². The van der Waals surface area contributed by atoms with Gasteiger partial charge in [0.2, 0.25) is 0 Å². The zero-order valence-corrected chi connectivity index (χ0v) is 17.5. The van der Waals surface area contributed by atoms with Crippen LogP contribution < -0.4 is 20.5 Å². The highest BCUT2D eigenvalue weighted by atomic mass is 19.1. The first-order valence-electron chi connectivity index (χ1n) is 10.5. The summed E-state index contributed by atoms with van der Waals surface area (Å²) in [5, 5.41) is 12.8. The molecule has 2 aromatic carbocycles. The van der Waals surface area contributed by atoms with Gasteiger partial charge in [-0.25, -0.2) is 9.18 Å². The summed E-state index contributed by atoms with van der Waals surface area (Å²) in [4.78, 5) is 13.0. The summed E-state index contributed by atoms with van der Waals surface area (Å²) < 4.78 is 24.9. The maximum absolute atomic E-state index is 13.3. The molecule has 7 nitrogen and oxygen atoms in total. The van der Waals surface area contributed by atoms with Crippen LogP contribution >= 0.6 is 0 Å². The number of nitrogens with one attached hydrogen (secondary N) is 1. The molecule has 2 aliphatic heterocycles. The van der Waals surface area contributed by atoms with Gasteiger partial charge in [0.1, 0.15) is 29.7 Å². The Labute approximate surface area is 185 Å². The predicted molar refractivity (Wildman–Crippen MR) is 118 cm³/mol.